The number of aliphatic carboxylic acids is 1. The van der Waals surface area contributed by atoms with Crippen LogP contribution in [0.5, 0.6) is 0 Å². The van der Waals surface area contributed by atoms with Crippen molar-refractivity contribution in [1.29, 1.82) is 0 Å². The highest BCUT2D eigenvalue weighted by atomic mass is 19.4. The molecule has 0 bridgehead atoms. The molecule has 0 aliphatic carbocycles. The number of amides is 2. The fourth-order valence-electron chi connectivity index (χ4n) is 4.16. The smallest absolute Gasteiger partial charge is 0.416 e. The third-order valence-corrected chi connectivity index (χ3v) is 6.21. The topological polar surface area (TPSA) is 95.5 Å². The van der Waals surface area contributed by atoms with Gasteiger partial charge in [-0.2, -0.15) is 13.2 Å². The number of hydrogen-bond acceptors (Lipinski definition) is 3. The largest absolute Gasteiger partial charge is 0.480 e. The average molecular weight is 547 g/mol. The number of carbonyl (C=O) groups excluding carboxylic acids is 2. The molecule has 0 aliphatic rings. The number of carboxylic acid groups (broad SMARTS) is 1. The molecule has 40 heavy (non-hydrogen) atoms. The number of anilines is 1. The van der Waals surface area contributed by atoms with Gasteiger partial charge in [-0.25, -0.2) is 4.79 Å². The first-order valence-corrected chi connectivity index (χ1v) is 12.3. The first-order valence-electron chi connectivity index (χ1n) is 12.3. The summed E-state index contributed by atoms with van der Waals surface area (Å²) in [7, 11) is 0. The van der Waals surface area contributed by atoms with E-state index >= 15 is 0 Å². The summed E-state index contributed by atoms with van der Waals surface area (Å²) in [5, 5.41) is 15.0. The maximum atomic E-state index is 12.8. The van der Waals surface area contributed by atoms with Crippen LogP contribution >= 0.6 is 0 Å². The molecule has 3 N–H and O–H groups in total. The molecule has 204 valence electrons. The number of rotatable bonds is 8. The van der Waals surface area contributed by atoms with Crippen molar-refractivity contribution >= 4 is 23.5 Å². The predicted octanol–water partition coefficient (Wildman–Crippen LogP) is 6.42. The van der Waals surface area contributed by atoms with E-state index in [1.165, 1.54) is 31.2 Å². The highest BCUT2D eigenvalue weighted by molar-refractivity contribution is 5.97. The van der Waals surface area contributed by atoms with Crippen LogP contribution in [-0.4, -0.2) is 28.9 Å². The van der Waals surface area contributed by atoms with Crippen molar-refractivity contribution in [1.82, 2.24) is 5.32 Å². The van der Waals surface area contributed by atoms with E-state index in [4.69, 9.17) is 0 Å². The van der Waals surface area contributed by atoms with Crippen molar-refractivity contribution in [2.75, 3.05) is 5.32 Å². The maximum Gasteiger partial charge on any atom is 0.416 e. The highest BCUT2D eigenvalue weighted by Crippen LogP contribution is 2.31. The highest BCUT2D eigenvalue weighted by Gasteiger charge is 2.30. The zero-order valence-corrected chi connectivity index (χ0v) is 21.3. The van der Waals surface area contributed by atoms with Gasteiger partial charge in [-0.3, -0.25) is 9.59 Å². The van der Waals surface area contributed by atoms with Crippen molar-refractivity contribution in [3.63, 3.8) is 0 Å². The van der Waals surface area contributed by atoms with Crippen LogP contribution in [0.3, 0.4) is 0 Å². The third kappa shape index (κ3) is 7.13. The second-order valence-corrected chi connectivity index (χ2v) is 9.18. The van der Waals surface area contributed by atoms with Gasteiger partial charge in [0.25, 0.3) is 5.91 Å². The molecule has 0 saturated heterocycles. The number of halogens is 3. The summed E-state index contributed by atoms with van der Waals surface area (Å²) in [6, 6.07) is 24.2. The van der Waals surface area contributed by atoms with Crippen LogP contribution in [-0.2, 0) is 22.2 Å². The molecule has 4 aromatic rings. The molecule has 2 amide bonds. The van der Waals surface area contributed by atoms with E-state index in [2.05, 4.69) is 10.6 Å². The molecule has 0 aromatic heterocycles. The van der Waals surface area contributed by atoms with Gasteiger partial charge in [-0.1, -0.05) is 60.7 Å². The first kappa shape index (κ1) is 28.1. The Hall–Kier alpha value is -4.92. The average Bonchev–Trinajstić information content (AvgIpc) is 2.92. The van der Waals surface area contributed by atoms with Crippen molar-refractivity contribution < 1.29 is 32.7 Å². The summed E-state index contributed by atoms with van der Waals surface area (Å²) in [6.45, 7) is 1.43. The van der Waals surface area contributed by atoms with Crippen LogP contribution in [0.15, 0.2) is 97.1 Å². The normalized spacial score (nSPS) is 11.9. The molecule has 0 spiro atoms. The number of carbonyl (C=O) groups is 3. The van der Waals surface area contributed by atoms with Crippen molar-refractivity contribution in [3.8, 4) is 22.3 Å². The van der Waals surface area contributed by atoms with E-state index in [1.54, 1.807) is 30.3 Å². The molecular formula is C31H25F3N2O4. The minimum atomic E-state index is -4.43. The lowest BCUT2D eigenvalue weighted by Gasteiger charge is -2.15. The summed E-state index contributed by atoms with van der Waals surface area (Å²) in [4.78, 5) is 36.0. The van der Waals surface area contributed by atoms with E-state index in [1.807, 2.05) is 30.3 Å². The molecule has 0 radical (unpaired) electrons. The maximum absolute atomic E-state index is 12.8. The van der Waals surface area contributed by atoms with Crippen LogP contribution in [0.1, 0.15) is 28.4 Å². The number of hydrogen-bond donors (Lipinski definition) is 3. The van der Waals surface area contributed by atoms with Gasteiger partial charge in [0.05, 0.1) is 5.56 Å². The van der Waals surface area contributed by atoms with Gasteiger partial charge in [0, 0.05) is 24.6 Å². The number of nitrogens with one attached hydrogen (secondary N) is 2. The van der Waals surface area contributed by atoms with E-state index in [0.717, 1.165) is 23.3 Å². The predicted molar refractivity (Wildman–Crippen MR) is 146 cm³/mol. The van der Waals surface area contributed by atoms with Crippen LogP contribution in [0, 0.1) is 0 Å². The summed E-state index contributed by atoms with van der Waals surface area (Å²) < 4.78 is 38.4. The summed E-state index contributed by atoms with van der Waals surface area (Å²) in [5.41, 5.74) is 3.74. The third-order valence-electron chi connectivity index (χ3n) is 6.21. The Morgan fingerprint density at radius 2 is 1.32 bits per heavy atom. The van der Waals surface area contributed by atoms with Gasteiger partial charge in [-0.05, 0) is 64.2 Å². The fourth-order valence-corrected chi connectivity index (χ4v) is 4.16. The number of carboxylic acids is 1. The Morgan fingerprint density at radius 1 is 0.775 bits per heavy atom. The lowest BCUT2D eigenvalue weighted by Crippen LogP contribution is -2.42. The Labute approximate surface area is 228 Å². The van der Waals surface area contributed by atoms with Crippen molar-refractivity contribution in [2.24, 2.45) is 0 Å². The lowest BCUT2D eigenvalue weighted by atomic mass is 9.99. The van der Waals surface area contributed by atoms with Crippen LogP contribution in [0.25, 0.3) is 22.3 Å². The van der Waals surface area contributed by atoms with Gasteiger partial charge >= 0.3 is 12.1 Å². The van der Waals surface area contributed by atoms with Crippen LogP contribution in [0.4, 0.5) is 18.9 Å². The van der Waals surface area contributed by atoms with Crippen molar-refractivity contribution in [3.05, 3.63) is 114 Å². The van der Waals surface area contributed by atoms with Crippen molar-refractivity contribution in [2.45, 2.75) is 25.6 Å². The Balaban J connectivity index is 1.41. The Kier molecular flexibility index (Phi) is 8.33. The quantitative estimate of drug-likeness (QED) is 0.238. The summed E-state index contributed by atoms with van der Waals surface area (Å²) in [5.74, 6) is -1.95. The molecule has 6 nitrogen and oxygen atoms in total. The lowest BCUT2D eigenvalue weighted by molar-refractivity contribution is -0.139. The molecule has 1 atom stereocenters. The van der Waals surface area contributed by atoms with Crippen LogP contribution in [0.2, 0.25) is 0 Å². The molecule has 0 saturated carbocycles. The van der Waals surface area contributed by atoms with E-state index in [9.17, 15) is 32.7 Å². The zero-order valence-electron chi connectivity index (χ0n) is 21.3. The second kappa shape index (κ2) is 11.9. The monoisotopic (exact) mass is 546 g/mol. The van der Waals surface area contributed by atoms with Gasteiger partial charge < -0.3 is 15.7 Å². The molecule has 4 rings (SSSR count). The molecule has 1 unspecified atom stereocenters. The van der Waals surface area contributed by atoms with Gasteiger partial charge in [0.1, 0.15) is 6.04 Å². The molecule has 4 aromatic carbocycles. The van der Waals surface area contributed by atoms with E-state index < -0.39 is 29.7 Å². The molecule has 0 fully saturated rings. The minimum Gasteiger partial charge on any atom is -0.480 e. The Bertz CT molecular complexity index is 1510. The molecule has 0 heterocycles. The fraction of sp³-hybridized carbons (Fsp3) is 0.129. The Morgan fingerprint density at radius 3 is 1.88 bits per heavy atom. The van der Waals surface area contributed by atoms with Crippen LogP contribution < -0.4 is 10.6 Å². The molecular weight excluding hydrogens is 521 g/mol. The second-order valence-electron chi connectivity index (χ2n) is 9.18. The van der Waals surface area contributed by atoms with Gasteiger partial charge in [0.15, 0.2) is 0 Å². The minimum absolute atomic E-state index is 0.0525. The van der Waals surface area contributed by atoms with Gasteiger partial charge in [-0.15, -0.1) is 0 Å². The number of benzene rings is 4. The molecule has 9 heteroatoms. The SMILES string of the molecule is CC(=O)Nc1cccc(-c2ccc(CC(NC(=O)c3ccc(-c4ccc(C(F)(F)F)cc4)cc3)C(=O)O)cc2)c1. The first-order chi connectivity index (χ1) is 19.0. The number of alkyl halides is 3. The van der Waals surface area contributed by atoms with Gasteiger partial charge in [0.2, 0.25) is 5.91 Å². The summed E-state index contributed by atoms with van der Waals surface area (Å²) in [6.07, 6.45) is -4.37. The van der Waals surface area contributed by atoms with E-state index in [0.29, 0.717) is 22.4 Å². The summed E-state index contributed by atoms with van der Waals surface area (Å²) >= 11 is 0. The standard InChI is InChI=1S/C31H25F3N2O4/c1-19(37)35-27-4-2-3-25(18-27)23-7-5-20(6-8-23)17-28(30(39)40)36-29(38)24-11-9-21(10-12-24)22-13-15-26(16-14-22)31(32,33)34/h2-16,18,28H,17H2,1H3,(H,35,37)(H,36,38)(H,39,40). The molecule has 0 aliphatic heterocycles. The van der Waals surface area contributed by atoms with E-state index in [-0.39, 0.29) is 17.9 Å². The zero-order chi connectivity index (χ0) is 28.9.